The minimum absolute atomic E-state index is 0.480. The van der Waals surface area contributed by atoms with E-state index in [0.29, 0.717) is 12.2 Å². The van der Waals surface area contributed by atoms with E-state index in [2.05, 4.69) is 17.1 Å². The Labute approximate surface area is 118 Å². The molecule has 3 nitrogen and oxygen atoms in total. The first-order chi connectivity index (χ1) is 9.35. The van der Waals surface area contributed by atoms with E-state index < -0.39 is 0 Å². The SMILES string of the molecule is CCN(CC1CCC(CNC2CC2)O1)C1CCCC1. The minimum atomic E-state index is 0.480. The molecule has 1 heterocycles. The number of nitrogens with one attached hydrogen (secondary N) is 1. The van der Waals surface area contributed by atoms with Crippen LogP contribution in [-0.2, 0) is 4.74 Å². The van der Waals surface area contributed by atoms with Crippen molar-refractivity contribution in [3.63, 3.8) is 0 Å². The van der Waals surface area contributed by atoms with E-state index >= 15 is 0 Å². The van der Waals surface area contributed by atoms with Crippen molar-refractivity contribution in [2.45, 2.75) is 82.6 Å². The molecule has 3 rings (SSSR count). The van der Waals surface area contributed by atoms with Crippen LogP contribution >= 0.6 is 0 Å². The molecule has 1 N–H and O–H groups in total. The van der Waals surface area contributed by atoms with Crippen LogP contribution in [0.3, 0.4) is 0 Å². The zero-order valence-electron chi connectivity index (χ0n) is 12.4. The van der Waals surface area contributed by atoms with Gasteiger partial charge in [0.05, 0.1) is 12.2 Å². The van der Waals surface area contributed by atoms with Crippen LogP contribution in [0.5, 0.6) is 0 Å². The van der Waals surface area contributed by atoms with Gasteiger partial charge in [0, 0.05) is 25.2 Å². The van der Waals surface area contributed by atoms with Crippen molar-refractivity contribution in [1.29, 1.82) is 0 Å². The minimum Gasteiger partial charge on any atom is -0.372 e. The Morgan fingerprint density at radius 1 is 1.00 bits per heavy atom. The number of likely N-dealkylation sites (N-methyl/N-ethyl adjacent to an activating group) is 1. The number of nitrogens with zero attached hydrogens (tertiary/aromatic N) is 1. The summed E-state index contributed by atoms with van der Waals surface area (Å²) in [4.78, 5) is 2.67. The average molecular weight is 266 g/mol. The second-order valence-electron chi connectivity index (χ2n) is 6.67. The summed E-state index contributed by atoms with van der Waals surface area (Å²) in [5.74, 6) is 0. The summed E-state index contributed by atoms with van der Waals surface area (Å²) in [6.07, 6.45) is 11.9. The number of hydrogen-bond acceptors (Lipinski definition) is 3. The van der Waals surface area contributed by atoms with Crippen molar-refractivity contribution in [3.05, 3.63) is 0 Å². The first kappa shape index (κ1) is 13.8. The summed E-state index contributed by atoms with van der Waals surface area (Å²) in [6, 6.07) is 1.66. The first-order valence-corrected chi connectivity index (χ1v) is 8.48. The molecule has 0 aromatic carbocycles. The summed E-state index contributed by atoms with van der Waals surface area (Å²) in [5.41, 5.74) is 0. The predicted molar refractivity (Wildman–Crippen MR) is 78.4 cm³/mol. The molecule has 2 atom stereocenters. The third-order valence-electron chi connectivity index (χ3n) is 5.09. The van der Waals surface area contributed by atoms with Crippen LogP contribution < -0.4 is 5.32 Å². The smallest absolute Gasteiger partial charge is 0.0707 e. The molecule has 1 aliphatic heterocycles. The molecule has 0 aromatic heterocycles. The van der Waals surface area contributed by atoms with E-state index in [-0.39, 0.29) is 0 Å². The van der Waals surface area contributed by atoms with Gasteiger partial charge < -0.3 is 10.1 Å². The first-order valence-electron chi connectivity index (χ1n) is 8.48. The van der Waals surface area contributed by atoms with Gasteiger partial charge in [0.25, 0.3) is 0 Å². The molecule has 0 spiro atoms. The Morgan fingerprint density at radius 2 is 1.74 bits per heavy atom. The molecule has 1 saturated heterocycles. The van der Waals surface area contributed by atoms with Gasteiger partial charge in [-0.15, -0.1) is 0 Å². The van der Waals surface area contributed by atoms with Crippen LogP contribution in [0.1, 0.15) is 58.3 Å². The van der Waals surface area contributed by atoms with Gasteiger partial charge in [0.2, 0.25) is 0 Å². The molecular formula is C16H30N2O. The van der Waals surface area contributed by atoms with Gasteiger partial charge in [-0.25, -0.2) is 0 Å². The lowest BCUT2D eigenvalue weighted by Gasteiger charge is -2.30. The van der Waals surface area contributed by atoms with Crippen LogP contribution in [0.4, 0.5) is 0 Å². The Morgan fingerprint density at radius 3 is 2.42 bits per heavy atom. The molecule has 0 radical (unpaired) electrons. The van der Waals surface area contributed by atoms with Crippen LogP contribution in [0, 0.1) is 0 Å². The molecule has 2 aliphatic carbocycles. The van der Waals surface area contributed by atoms with E-state index in [1.54, 1.807) is 0 Å². The van der Waals surface area contributed by atoms with Crippen molar-refractivity contribution in [1.82, 2.24) is 10.2 Å². The Bertz CT molecular complexity index is 274. The van der Waals surface area contributed by atoms with Gasteiger partial charge in [-0.3, -0.25) is 4.90 Å². The fourth-order valence-electron chi connectivity index (χ4n) is 3.72. The van der Waals surface area contributed by atoms with E-state index in [1.165, 1.54) is 64.5 Å². The van der Waals surface area contributed by atoms with Crippen molar-refractivity contribution in [2.24, 2.45) is 0 Å². The molecule has 110 valence electrons. The highest BCUT2D eigenvalue weighted by atomic mass is 16.5. The summed E-state index contributed by atoms with van der Waals surface area (Å²) in [7, 11) is 0. The van der Waals surface area contributed by atoms with Gasteiger partial charge in [-0.1, -0.05) is 19.8 Å². The fraction of sp³-hybridized carbons (Fsp3) is 1.00. The maximum absolute atomic E-state index is 6.23. The summed E-state index contributed by atoms with van der Waals surface area (Å²) < 4.78 is 6.23. The molecule has 3 heteroatoms. The van der Waals surface area contributed by atoms with Crippen LogP contribution in [0.2, 0.25) is 0 Å². The average Bonchev–Trinajstić information content (AvgIpc) is 2.93. The summed E-state index contributed by atoms with van der Waals surface area (Å²) >= 11 is 0. The third-order valence-corrected chi connectivity index (χ3v) is 5.09. The van der Waals surface area contributed by atoms with Crippen LogP contribution in [0.15, 0.2) is 0 Å². The predicted octanol–water partition coefficient (Wildman–Crippen LogP) is 2.55. The molecule has 2 saturated carbocycles. The molecule has 3 aliphatic rings. The fourth-order valence-corrected chi connectivity index (χ4v) is 3.72. The lowest BCUT2D eigenvalue weighted by Crippen LogP contribution is -2.39. The largest absolute Gasteiger partial charge is 0.372 e. The standard InChI is InChI=1S/C16H30N2O/c1-2-18(14-5-3-4-6-14)12-16-10-9-15(19-16)11-17-13-7-8-13/h13-17H,2-12H2,1H3. The van der Waals surface area contributed by atoms with Crippen molar-refractivity contribution >= 4 is 0 Å². The van der Waals surface area contributed by atoms with Gasteiger partial charge >= 0.3 is 0 Å². The van der Waals surface area contributed by atoms with E-state index in [0.717, 1.165) is 18.6 Å². The Balaban J connectivity index is 1.39. The molecule has 19 heavy (non-hydrogen) atoms. The Kier molecular flexibility index (Phi) is 4.78. The molecule has 0 amide bonds. The lowest BCUT2D eigenvalue weighted by molar-refractivity contribution is 0.0158. The van der Waals surface area contributed by atoms with Crippen molar-refractivity contribution in [3.8, 4) is 0 Å². The number of hydrogen-bond donors (Lipinski definition) is 1. The highest BCUT2D eigenvalue weighted by Gasteiger charge is 2.30. The molecule has 0 bridgehead atoms. The van der Waals surface area contributed by atoms with Gasteiger partial charge in [-0.2, -0.15) is 0 Å². The summed E-state index contributed by atoms with van der Waals surface area (Å²) in [5, 5.41) is 3.60. The lowest BCUT2D eigenvalue weighted by atomic mass is 10.1. The zero-order chi connectivity index (χ0) is 13.1. The van der Waals surface area contributed by atoms with Crippen LogP contribution in [-0.4, -0.2) is 48.8 Å². The quantitative estimate of drug-likeness (QED) is 0.766. The maximum Gasteiger partial charge on any atom is 0.0707 e. The van der Waals surface area contributed by atoms with Gasteiger partial charge in [0.15, 0.2) is 0 Å². The van der Waals surface area contributed by atoms with Crippen molar-refractivity contribution in [2.75, 3.05) is 19.6 Å². The van der Waals surface area contributed by atoms with Crippen molar-refractivity contribution < 1.29 is 4.74 Å². The Hall–Kier alpha value is -0.120. The topological polar surface area (TPSA) is 24.5 Å². The van der Waals surface area contributed by atoms with Crippen LogP contribution in [0.25, 0.3) is 0 Å². The number of ether oxygens (including phenoxy) is 1. The third kappa shape index (κ3) is 3.93. The molecule has 3 fully saturated rings. The molecular weight excluding hydrogens is 236 g/mol. The second-order valence-corrected chi connectivity index (χ2v) is 6.67. The highest BCUT2D eigenvalue weighted by molar-refractivity contribution is 4.86. The summed E-state index contributed by atoms with van der Waals surface area (Å²) in [6.45, 7) is 5.74. The second kappa shape index (κ2) is 6.55. The number of rotatable bonds is 7. The van der Waals surface area contributed by atoms with Gasteiger partial charge in [0.1, 0.15) is 0 Å². The maximum atomic E-state index is 6.23. The molecule has 2 unspecified atom stereocenters. The normalized spacial score (nSPS) is 32.5. The van der Waals surface area contributed by atoms with Gasteiger partial charge in [-0.05, 0) is 45.1 Å². The highest BCUT2D eigenvalue weighted by Crippen LogP contribution is 2.27. The molecule has 0 aromatic rings. The zero-order valence-corrected chi connectivity index (χ0v) is 12.4. The van der Waals surface area contributed by atoms with E-state index in [1.807, 2.05) is 0 Å². The van der Waals surface area contributed by atoms with E-state index in [9.17, 15) is 0 Å². The van der Waals surface area contributed by atoms with E-state index in [4.69, 9.17) is 4.74 Å². The monoisotopic (exact) mass is 266 g/mol.